The van der Waals surface area contributed by atoms with Crippen LogP contribution < -0.4 is 5.73 Å². The van der Waals surface area contributed by atoms with Crippen LogP contribution in [0.3, 0.4) is 0 Å². The van der Waals surface area contributed by atoms with E-state index in [0.29, 0.717) is 0 Å². The van der Waals surface area contributed by atoms with E-state index < -0.39 is 30.7 Å². The molecule has 0 saturated carbocycles. The first-order valence-corrected chi connectivity index (χ1v) is 6.03. The molecule has 8 nitrogen and oxygen atoms in total. The lowest BCUT2D eigenvalue weighted by Crippen LogP contribution is -2.54. The number of rotatable bonds is 3. The molecule has 0 radical (unpaired) electrons. The zero-order valence-corrected chi connectivity index (χ0v) is 10.9. The van der Waals surface area contributed by atoms with Gasteiger partial charge in [-0.3, -0.25) is 0 Å². The normalized spacial score (nSPS) is 37.4. The number of aliphatic hydroxyl groups is 2. The van der Waals surface area contributed by atoms with Gasteiger partial charge in [-0.05, 0) is 6.08 Å². The van der Waals surface area contributed by atoms with Crippen molar-refractivity contribution in [2.24, 2.45) is 15.8 Å². The van der Waals surface area contributed by atoms with Crippen LogP contribution >= 0.6 is 0 Å². The first kappa shape index (κ1) is 15.1. The number of hydrazone groups is 1. The third kappa shape index (κ3) is 2.19. The maximum absolute atomic E-state index is 14.4. The first-order valence-electron chi connectivity index (χ1n) is 6.03. The average Bonchev–Trinajstić information content (AvgIpc) is 2.74. The van der Waals surface area contributed by atoms with Crippen molar-refractivity contribution < 1.29 is 19.3 Å². The lowest BCUT2D eigenvalue weighted by molar-refractivity contribution is -0.122. The Bertz CT molecular complexity index is 570. The predicted octanol–water partition coefficient (Wildman–Crippen LogP) is -1.02. The Morgan fingerprint density at radius 3 is 2.95 bits per heavy atom. The summed E-state index contributed by atoms with van der Waals surface area (Å²) in [6.45, 7) is 2.85. The summed E-state index contributed by atoms with van der Waals surface area (Å²) in [4.78, 5) is 3.75. The van der Waals surface area contributed by atoms with Crippen molar-refractivity contribution in [3.05, 3.63) is 24.4 Å². The van der Waals surface area contributed by atoms with Gasteiger partial charge in [0.05, 0.1) is 6.61 Å². The van der Waals surface area contributed by atoms with E-state index in [2.05, 4.69) is 16.7 Å². The van der Waals surface area contributed by atoms with Crippen LogP contribution in [0.4, 0.5) is 4.39 Å². The van der Waals surface area contributed by atoms with E-state index in [4.69, 9.17) is 15.6 Å². The molecule has 2 rings (SSSR count). The van der Waals surface area contributed by atoms with E-state index in [1.165, 1.54) is 12.2 Å². The Kier molecular flexibility index (Phi) is 4.04. The third-order valence-electron chi connectivity index (χ3n) is 3.17. The molecule has 0 aromatic heterocycles. The summed E-state index contributed by atoms with van der Waals surface area (Å²) in [5, 5.41) is 32.9. The molecular formula is C12H14FN5O3. The molecule has 21 heavy (non-hydrogen) atoms. The predicted molar refractivity (Wildman–Crippen MR) is 71.4 cm³/mol. The van der Waals surface area contributed by atoms with Gasteiger partial charge in [0, 0.05) is 0 Å². The highest BCUT2D eigenvalue weighted by atomic mass is 19.1. The van der Waals surface area contributed by atoms with Crippen molar-refractivity contribution in [1.29, 1.82) is 5.26 Å². The Morgan fingerprint density at radius 2 is 2.43 bits per heavy atom. The van der Waals surface area contributed by atoms with Crippen molar-refractivity contribution in [1.82, 2.24) is 5.01 Å². The molecule has 0 aliphatic carbocycles. The molecule has 0 bridgehead atoms. The molecule has 9 heteroatoms. The molecule has 112 valence electrons. The van der Waals surface area contributed by atoms with Gasteiger partial charge in [0.15, 0.2) is 12.0 Å². The number of hydrogen-bond acceptors (Lipinski definition) is 8. The second-order valence-electron chi connectivity index (χ2n) is 4.38. The molecule has 2 heterocycles. The molecule has 4 N–H and O–H groups in total. The van der Waals surface area contributed by atoms with Gasteiger partial charge in [0.2, 0.25) is 0 Å². The molecule has 1 saturated heterocycles. The van der Waals surface area contributed by atoms with E-state index in [-0.39, 0.29) is 11.5 Å². The number of hydrogen-bond donors (Lipinski definition) is 3. The average molecular weight is 295 g/mol. The first-order chi connectivity index (χ1) is 10.0. The quantitative estimate of drug-likeness (QED) is 0.611. The number of halogens is 1. The Labute approximate surface area is 119 Å². The fraction of sp³-hybridized carbons (Fsp3) is 0.417. The van der Waals surface area contributed by atoms with Gasteiger partial charge in [-0.1, -0.05) is 12.7 Å². The number of aliphatic hydroxyl groups excluding tert-OH is 2. The lowest BCUT2D eigenvalue weighted by Gasteiger charge is -2.35. The summed E-state index contributed by atoms with van der Waals surface area (Å²) < 4.78 is 19.7. The number of allylic oxidation sites excluding steroid dienone is 2. The van der Waals surface area contributed by atoms with E-state index in [1.54, 1.807) is 6.07 Å². The lowest BCUT2D eigenvalue weighted by atomic mass is 10.0. The third-order valence-corrected chi connectivity index (χ3v) is 3.17. The minimum Gasteiger partial charge on any atom is -0.394 e. The van der Waals surface area contributed by atoms with Crippen LogP contribution in [0.1, 0.15) is 0 Å². The van der Waals surface area contributed by atoms with Crippen molar-refractivity contribution in [2.75, 3.05) is 6.61 Å². The highest BCUT2D eigenvalue weighted by Crippen LogP contribution is 2.39. The van der Waals surface area contributed by atoms with Crippen LogP contribution in [0.2, 0.25) is 0 Å². The van der Waals surface area contributed by atoms with Crippen molar-refractivity contribution in [3.63, 3.8) is 0 Å². The van der Waals surface area contributed by atoms with Crippen molar-refractivity contribution in [2.45, 2.75) is 24.1 Å². The minimum absolute atomic E-state index is 0.0164. The molecule has 2 aliphatic heterocycles. The molecule has 0 aromatic carbocycles. The minimum atomic E-state index is -2.25. The fourth-order valence-electron chi connectivity index (χ4n) is 2.14. The Hall–Kier alpha value is -2.28. The van der Waals surface area contributed by atoms with Gasteiger partial charge >= 0.3 is 0 Å². The molecule has 4 atom stereocenters. The van der Waals surface area contributed by atoms with Crippen LogP contribution in [0.5, 0.6) is 0 Å². The largest absolute Gasteiger partial charge is 0.394 e. The summed E-state index contributed by atoms with van der Waals surface area (Å²) in [5.41, 5.74) is 3.53. The maximum atomic E-state index is 14.4. The summed E-state index contributed by atoms with van der Waals surface area (Å²) >= 11 is 0. The van der Waals surface area contributed by atoms with Crippen LogP contribution in [-0.4, -0.2) is 58.1 Å². The zero-order valence-electron chi connectivity index (χ0n) is 10.9. The Morgan fingerprint density at radius 1 is 1.71 bits per heavy atom. The summed E-state index contributed by atoms with van der Waals surface area (Å²) in [7, 11) is 0. The van der Waals surface area contributed by atoms with Crippen LogP contribution in [0, 0.1) is 11.3 Å². The summed E-state index contributed by atoms with van der Waals surface area (Å²) in [5.74, 6) is -0.0164. The highest BCUT2D eigenvalue weighted by molar-refractivity contribution is 6.02. The maximum Gasteiger partial charge on any atom is 0.285 e. The number of amidine groups is 1. The van der Waals surface area contributed by atoms with Gasteiger partial charge in [-0.2, -0.15) is 10.4 Å². The van der Waals surface area contributed by atoms with Crippen LogP contribution in [0.25, 0.3) is 0 Å². The number of alkyl halides is 1. The Balaban J connectivity index is 2.49. The highest BCUT2D eigenvalue weighted by Gasteiger charge is 2.61. The molecule has 1 fully saturated rings. The van der Waals surface area contributed by atoms with E-state index in [9.17, 15) is 14.8 Å². The molecule has 0 amide bonds. The number of aliphatic imine (C=N–C) groups is 1. The van der Waals surface area contributed by atoms with Gasteiger partial charge < -0.3 is 20.7 Å². The van der Waals surface area contributed by atoms with E-state index >= 15 is 0 Å². The van der Waals surface area contributed by atoms with Crippen LogP contribution in [0.15, 0.2) is 34.5 Å². The summed E-state index contributed by atoms with van der Waals surface area (Å²) in [6, 6.07) is 1.66. The van der Waals surface area contributed by atoms with Crippen molar-refractivity contribution in [3.8, 4) is 6.07 Å². The fourth-order valence-corrected chi connectivity index (χ4v) is 2.14. The second kappa shape index (κ2) is 5.61. The number of nitriles is 1. The van der Waals surface area contributed by atoms with E-state index in [0.717, 1.165) is 11.3 Å². The molecule has 2 aliphatic rings. The zero-order chi connectivity index (χ0) is 15.6. The SMILES string of the molecule is C=C/C=C1/C(N)=NC=NN1[C@]1(C#N)O[C@H](CO)[C@@H](O)[C@H]1F. The smallest absolute Gasteiger partial charge is 0.285 e. The van der Waals surface area contributed by atoms with Gasteiger partial charge in [-0.15, -0.1) is 0 Å². The van der Waals surface area contributed by atoms with Crippen molar-refractivity contribution >= 4 is 12.2 Å². The topological polar surface area (TPSA) is 127 Å². The standard InChI is InChI=1S/C12H14FN5O3/c1-2-3-7-11(15)16-6-17-18(7)12(5-14)10(13)9(20)8(4-19)21-12/h2-3,6,8-10,19-20H,1,4H2,(H2,15,16,17)/b7-3-/t8-,9-,10-,12-/m1/s1. The van der Waals surface area contributed by atoms with Crippen LogP contribution in [-0.2, 0) is 4.74 Å². The number of nitrogens with two attached hydrogens (primary N) is 1. The van der Waals surface area contributed by atoms with E-state index in [1.807, 2.05) is 0 Å². The van der Waals surface area contributed by atoms with Gasteiger partial charge in [-0.25, -0.2) is 14.4 Å². The van der Waals surface area contributed by atoms with Gasteiger partial charge in [0.1, 0.15) is 30.3 Å². The monoisotopic (exact) mass is 295 g/mol. The molecule has 0 aromatic rings. The number of ether oxygens (including phenoxy) is 1. The molecule has 0 spiro atoms. The van der Waals surface area contributed by atoms with Gasteiger partial charge in [0.25, 0.3) is 5.72 Å². The molecule has 0 unspecified atom stereocenters. The number of nitrogens with zero attached hydrogens (tertiary/aromatic N) is 4. The summed E-state index contributed by atoms with van der Waals surface area (Å²) in [6.07, 6.45) is -1.28. The molecular weight excluding hydrogens is 281 g/mol. The second-order valence-corrected chi connectivity index (χ2v) is 4.38.